The van der Waals surface area contributed by atoms with Gasteiger partial charge in [0.1, 0.15) is 6.61 Å². The molecule has 7 heteroatoms. The summed E-state index contributed by atoms with van der Waals surface area (Å²) in [6.07, 6.45) is 4.07. The molecule has 2 aromatic rings. The molecular weight excluding hydrogens is 418 g/mol. The van der Waals surface area contributed by atoms with E-state index in [1.165, 1.54) is 18.6 Å². The number of rotatable bonds is 8. The van der Waals surface area contributed by atoms with Crippen LogP contribution in [-0.4, -0.2) is 13.0 Å². The number of halogens is 6. The molecule has 170 valence electrons. The van der Waals surface area contributed by atoms with Crippen molar-refractivity contribution in [2.75, 3.05) is 6.61 Å². The summed E-state index contributed by atoms with van der Waals surface area (Å²) >= 11 is 0. The summed E-state index contributed by atoms with van der Waals surface area (Å²) in [6.45, 7) is 1.04. The van der Waals surface area contributed by atoms with E-state index in [1.807, 2.05) is 0 Å². The highest BCUT2D eigenvalue weighted by Gasteiger charge is 2.27. The summed E-state index contributed by atoms with van der Waals surface area (Å²) in [7, 11) is 0. The van der Waals surface area contributed by atoms with E-state index >= 15 is 0 Å². The summed E-state index contributed by atoms with van der Waals surface area (Å²) in [6, 6.07) is 4.60. The molecule has 1 nitrogen and oxygen atoms in total. The lowest BCUT2D eigenvalue weighted by atomic mass is 9.76. The summed E-state index contributed by atoms with van der Waals surface area (Å²) in [5.74, 6) is -5.49. The van der Waals surface area contributed by atoms with Gasteiger partial charge in [-0.05, 0) is 55.2 Å². The van der Waals surface area contributed by atoms with Crippen LogP contribution in [0, 0.1) is 29.2 Å². The van der Waals surface area contributed by atoms with E-state index in [0.29, 0.717) is 5.92 Å². The highest BCUT2D eigenvalue weighted by molar-refractivity contribution is 5.66. The number of unbranched alkanes of at least 4 members (excludes halogenated alkanes) is 1. The number of benzene rings is 2. The van der Waals surface area contributed by atoms with Gasteiger partial charge in [-0.1, -0.05) is 38.3 Å². The molecule has 0 spiro atoms. The largest absolute Gasteiger partial charge is 0.484 e. The normalized spacial score (nSPS) is 19.1. The van der Waals surface area contributed by atoms with Crippen molar-refractivity contribution >= 4 is 0 Å². The van der Waals surface area contributed by atoms with Crippen LogP contribution in [-0.2, 0) is 0 Å². The molecule has 0 N–H and O–H groups in total. The third-order valence-electron chi connectivity index (χ3n) is 6.07. The van der Waals surface area contributed by atoms with Crippen LogP contribution >= 0.6 is 0 Å². The van der Waals surface area contributed by atoms with Crippen molar-refractivity contribution < 1.29 is 31.1 Å². The predicted octanol–water partition coefficient (Wildman–Crippen LogP) is 8.02. The smallest absolute Gasteiger partial charge is 0.272 e. The van der Waals surface area contributed by atoms with E-state index < -0.39 is 53.2 Å². The lowest BCUT2D eigenvalue weighted by Gasteiger charge is -2.29. The average Bonchev–Trinajstić information content (AvgIpc) is 2.76. The van der Waals surface area contributed by atoms with Crippen LogP contribution in [0.15, 0.2) is 24.3 Å². The molecular formula is C24H26F6O. The summed E-state index contributed by atoms with van der Waals surface area (Å²) in [4.78, 5) is 0. The molecule has 2 aromatic carbocycles. The SMILES string of the molecule is CCCCC1CCC(c2ccc(-c3ccc(OCC(F)F)c(F)c3F)c(F)c2F)CC1. The van der Waals surface area contributed by atoms with E-state index in [1.54, 1.807) is 0 Å². The number of ether oxygens (including phenoxy) is 1. The second kappa shape index (κ2) is 10.4. The zero-order valence-electron chi connectivity index (χ0n) is 17.4. The molecule has 3 rings (SSSR count). The first-order valence-electron chi connectivity index (χ1n) is 10.7. The first-order chi connectivity index (χ1) is 14.8. The Kier molecular flexibility index (Phi) is 7.89. The van der Waals surface area contributed by atoms with Crippen molar-refractivity contribution in [1.29, 1.82) is 0 Å². The van der Waals surface area contributed by atoms with Crippen molar-refractivity contribution in [2.45, 2.75) is 64.2 Å². The fourth-order valence-electron chi connectivity index (χ4n) is 4.35. The Labute approximate surface area is 178 Å². The summed E-state index contributed by atoms with van der Waals surface area (Å²) in [5, 5.41) is 0. The molecule has 1 aliphatic rings. The molecule has 0 heterocycles. The molecule has 1 fully saturated rings. The molecule has 0 unspecified atom stereocenters. The van der Waals surface area contributed by atoms with Crippen molar-refractivity contribution in [3.05, 3.63) is 53.1 Å². The summed E-state index contributed by atoms with van der Waals surface area (Å²) < 4.78 is 87.3. The number of hydrogen-bond acceptors (Lipinski definition) is 1. The molecule has 0 saturated heterocycles. The Bertz CT molecular complexity index is 890. The Morgan fingerprint density at radius 3 is 2.06 bits per heavy atom. The van der Waals surface area contributed by atoms with Gasteiger partial charge in [0.15, 0.2) is 23.2 Å². The molecule has 1 aliphatic carbocycles. The van der Waals surface area contributed by atoms with Crippen LogP contribution in [0.4, 0.5) is 26.3 Å². The first-order valence-corrected chi connectivity index (χ1v) is 10.7. The molecule has 0 amide bonds. The number of hydrogen-bond donors (Lipinski definition) is 0. The van der Waals surface area contributed by atoms with Crippen LogP contribution in [0.1, 0.15) is 63.4 Å². The quantitative estimate of drug-likeness (QED) is 0.375. The Hall–Kier alpha value is -2.18. The molecule has 0 aliphatic heterocycles. The lowest BCUT2D eigenvalue weighted by Crippen LogP contribution is -2.15. The maximum atomic E-state index is 14.9. The monoisotopic (exact) mass is 444 g/mol. The van der Waals surface area contributed by atoms with Gasteiger partial charge in [-0.25, -0.2) is 22.0 Å². The molecule has 0 atom stereocenters. The zero-order chi connectivity index (χ0) is 22.5. The maximum Gasteiger partial charge on any atom is 0.272 e. The van der Waals surface area contributed by atoms with E-state index in [-0.39, 0.29) is 11.5 Å². The minimum atomic E-state index is -2.86. The average molecular weight is 444 g/mol. The fraction of sp³-hybridized carbons (Fsp3) is 0.500. The van der Waals surface area contributed by atoms with Crippen LogP contribution in [0.25, 0.3) is 11.1 Å². The molecule has 1 saturated carbocycles. The minimum Gasteiger partial charge on any atom is -0.484 e. The highest BCUT2D eigenvalue weighted by atomic mass is 19.3. The van der Waals surface area contributed by atoms with E-state index in [4.69, 9.17) is 0 Å². The second-order valence-electron chi connectivity index (χ2n) is 8.13. The first kappa shape index (κ1) is 23.5. The van der Waals surface area contributed by atoms with Gasteiger partial charge in [-0.3, -0.25) is 0 Å². The van der Waals surface area contributed by atoms with Crippen LogP contribution < -0.4 is 4.74 Å². The van der Waals surface area contributed by atoms with Gasteiger partial charge >= 0.3 is 0 Å². The summed E-state index contributed by atoms with van der Waals surface area (Å²) in [5.41, 5.74) is -0.657. The van der Waals surface area contributed by atoms with Crippen LogP contribution in [0.2, 0.25) is 0 Å². The van der Waals surface area contributed by atoms with Crippen molar-refractivity contribution in [3.8, 4) is 16.9 Å². The van der Waals surface area contributed by atoms with Gasteiger partial charge < -0.3 is 4.74 Å². The molecule has 0 aromatic heterocycles. The van der Waals surface area contributed by atoms with E-state index in [0.717, 1.165) is 50.7 Å². The fourth-order valence-corrected chi connectivity index (χ4v) is 4.35. The van der Waals surface area contributed by atoms with Gasteiger partial charge in [0.2, 0.25) is 5.82 Å². The zero-order valence-corrected chi connectivity index (χ0v) is 17.4. The highest BCUT2D eigenvalue weighted by Crippen LogP contribution is 2.41. The van der Waals surface area contributed by atoms with E-state index in [9.17, 15) is 26.3 Å². The molecule has 0 bridgehead atoms. The van der Waals surface area contributed by atoms with Gasteiger partial charge in [-0.2, -0.15) is 4.39 Å². The van der Waals surface area contributed by atoms with Crippen LogP contribution in [0.3, 0.4) is 0 Å². The Morgan fingerprint density at radius 2 is 1.45 bits per heavy atom. The number of alkyl halides is 2. The molecule has 31 heavy (non-hydrogen) atoms. The second-order valence-corrected chi connectivity index (χ2v) is 8.13. The Morgan fingerprint density at radius 1 is 0.839 bits per heavy atom. The van der Waals surface area contributed by atoms with Gasteiger partial charge in [0.05, 0.1) is 0 Å². The topological polar surface area (TPSA) is 9.23 Å². The predicted molar refractivity (Wildman–Crippen MR) is 107 cm³/mol. The van der Waals surface area contributed by atoms with Crippen molar-refractivity contribution in [2.24, 2.45) is 5.92 Å². The van der Waals surface area contributed by atoms with Crippen LogP contribution in [0.5, 0.6) is 5.75 Å². The molecule has 0 radical (unpaired) electrons. The third-order valence-corrected chi connectivity index (χ3v) is 6.07. The standard InChI is InChI=1S/C24H26F6O/c1-2-3-4-14-5-7-15(8-6-14)16-9-10-17(22(28)21(16)27)18-11-12-19(24(30)23(18)29)31-13-20(25)26/h9-12,14-15,20H,2-8,13H2,1H3. The Balaban J connectivity index is 1.80. The van der Waals surface area contributed by atoms with Crippen molar-refractivity contribution in [1.82, 2.24) is 0 Å². The van der Waals surface area contributed by atoms with Gasteiger partial charge in [-0.15, -0.1) is 0 Å². The van der Waals surface area contributed by atoms with Gasteiger partial charge in [0, 0.05) is 11.1 Å². The van der Waals surface area contributed by atoms with Crippen molar-refractivity contribution in [3.63, 3.8) is 0 Å². The van der Waals surface area contributed by atoms with E-state index in [2.05, 4.69) is 11.7 Å². The van der Waals surface area contributed by atoms with Gasteiger partial charge in [0.25, 0.3) is 6.43 Å². The minimum absolute atomic E-state index is 0.104. The third kappa shape index (κ3) is 5.36. The lowest BCUT2D eigenvalue weighted by molar-refractivity contribution is 0.0795. The maximum absolute atomic E-state index is 14.9.